The number of hydrogen-bond donors (Lipinski definition) is 0. The zero-order chi connectivity index (χ0) is 30.1. The highest BCUT2D eigenvalue weighted by atomic mass is 28.4. The second kappa shape index (κ2) is 12.1. The lowest BCUT2D eigenvalue weighted by Crippen LogP contribution is -2.50. The van der Waals surface area contributed by atoms with Crippen LogP contribution in [-0.4, -0.2) is 58.7 Å². The first kappa shape index (κ1) is 33.0. The third kappa shape index (κ3) is 6.77. The predicted molar refractivity (Wildman–Crippen MR) is 163 cm³/mol. The fourth-order valence-corrected chi connectivity index (χ4v) is 11.9. The zero-order valence-corrected chi connectivity index (χ0v) is 28.1. The van der Waals surface area contributed by atoms with Gasteiger partial charge in [-0.05, 0) is 41.2 Å². The van der Waals surface area contributed by atoms with Crippen molar-refractivity contribution in [3.05, 3.63) is 40.0 Å². The van der Waals surface area contributed by atoms with Crippen molar-refractivity contribution < 1.29 is 23.3 Å². The predicted octanol–water partition coefficient (Wildman–Crippen LogP) is 7.95. The molecule has 1 aromatic rings. The topological polar surface area (TPSA) is 91.1 Å². The van der Waals surface area contributed by atoms with Crippen molar-refractivity contribution in [1.82, 2.24) is 4.90 Å². The molecular formula is C29H50N2O6Si2. The highest BCUT2D eigenvalue weighted by Crippen LogP contribution is 2.46. The monoisotopic (exact) mass is 578 g/mol. The number of methoxy groups -OCH3 is 1. The maximum atomic E-state index is 13.9. The summed E-state index contributed by atoms with van der Waals surface area (Å²) in [4.78, 5) is 27.3. The third-order valence-corrected chi connectivity index (χ3v) is 19.3. The molecular weight excluding hydrogens is 528 g/mol. The van der Waals surface area contributed by atoms with Crippen molar-refractivity contribution in [2.24, 2.45) is 0 Å². The fraction of sp³-hybridized carbons (Fsp3) is 0.690. The number of ether oxygens (including phenoxy) is 1. The molecule has 8 nitrogen and oxygen atoms in total. The van der Waals surface area contributed by atoms with Crippen molar-refractivity contribution >= 4 is 28.2 Å². The van der Waals surface area contributed by atoms with E-state index in [1.807, 2.05) is 0 Å². The van der Waals surface area contributed by atoms with Crippen LogP contribution < -0.4 is 9.16 Å². The molecule has 1 atom stereocenters. The molecule has 0 aliphatic carbocycles. The van der Waals surface area contributed by atoms with Gasteiger partial charge in [-0.2, -0.15) is 0 Å². The van der Waals surface area contributed by atoms with E-state index >= 15 is 0 Å². The van der Waals surface area contributed by atoms with Gasteiger partial charge in [-0.25, -0.2) is 0 Å². The van der Waals surface area contributed by atoms with E-state index in [0.29, 0.717) is 31.1 Å². The molecule has 1 fully saturated rings. The van der Waals surface area contributed by atoms with E-state index in [1.165, 1.54) is 19.2 Å². The molecule has 1 aromatic carbocycles. The molecule has 2 rings (SSSR count). The standard InChI is InChI=1S/C29H50N2O6Si2/c1-19(2)39(20(3)4,21(5)6)37-27-16-25(31(33)34)24(15-26(27)35-11)28(32)30-17-22(7)14-23(30)18-36-38(12,13)29(8,9)10/h15-16,19-21,23H,7,14,17-18H2,1-6,8-13H3/t23-/m0/s1. The Labute approximate surface area is 237 Å². The Morgan fingerprint density at radius 1 is 1.10 bits per heavy atom. The van der Waals surface area contributed by atoms with Crippen LogP contribution in [0.1, 0.15) is 79.1 Å². The minimum Gasteiger partial charge on any atom is -0.540 e. The smallest absolute Gasteiger partial charge is 0.286 e. The molecule has 0 saturated carbocycles. The first-order valence-electron chi connectivity index (χ1n) is 14.0. The third-order valence-electron chi connectivity index (χ3n) is 8.77. The van der Waals surface area contributed by atoms with Crippen molar-refractivity contribution in [2.75, 3.05) is 20.3 Å². The Hall–Kier alpha value is -2.18. The van der Waals surface area contributed by atoms with Gasteiger partial charge in [0.15, 0.2) is 19.8 Å². The Kier molecular flexibility index (Phi) is 10.3. The number of hydrogen-bond acceptors (Lipinski definition) is 6. The molecule has 1 heterocycles. The Morgan fingerprint density at radius 2 is 1.64 bits per heavy atom. The second-order valence-corrected chi connectivity index (χ2v) is 23.5. The van der Waals surface area contributed by atoms with Crippen LogP contribution in [0.5, 0.6) is 11.5 Å². The first-order chi connectivity index (χ1) is 17.8. The summed E-state index contributed by atoms with van der Waals surface area (Å²) >= 11 is 0. The molecule has 0 spiro atoms. The molecule has 1 aliphatic rings. The SMILES string of the molecule is C=C1C[C@@H](CO[Si](C)(C)C(C)(C)C)N(C(=O)c2cc(OC)c(O[Si](C(C)C)(C(C)C)C(C)C)cc2[N+](=O)[O-])C1. The zero-order valence-electron chi connectivity index (χ0n) is 26.1. The van der Waals surface area contributed by atoms with Gasteiger partial charge in [0.2, 0.25) is 0 Å². The van der Waals surface area contributed by atoms with E-state index in [4.69, 9.17) is 13.6 Å². The number of nitro benzene ring substituents is 1. The largest absolute Gasteiger partial charge is 0.540 e. The lowest BCUT2D eigenvalue weighted by molar-refractivity contribution is -0.385. The van der Waals surface area contributed by atoms with Crippen LogP contribution in [-0.2, 0) is 4.43 Å². The maximum absolute atomic E-state index is 13.9. The van der Waals surface area contributed by atoms with E-state index in [2.05, 4.69) is 82.0 Å². The molecule has 0 radical (unpaired) electrons. The summed E-state index contributed by atoms with van der Waals surface area (Å²) < 4.78 is 18.9. The van der Waals surface area contributed by atoms with Crippen LogP contribution in [0, 0.1) is 10.1 Å². The van der Waals surface area contributed by atoms with Crippen LogP contribution in [0.3, 0.4) is 0 Å². The first-order valence-corrected chi connectivity index (χ1v) is 19.0. The number of likely N-dealkylation sites (tertiary alicyclic amines) is 1. The lowest BCUT2D eigenvalue weighted by Gasteiger charge is -2.42. The molecule has 1 aliphatic heterocycles. The summed E-state index contributed by atoms with van der Waals surface area (Å²) in [7, 11) is -2.98. The van der Waals surface area contributed by atoms with Crippen LogP contribution >= 0.6 is 0 Å². The quantitative estimate of drug-likeness (QED) is 0.114. The van der Waals surface area contributed by atoms with Gasteiger partial charge in [0, 0.05) is 12.6 Å². The normalized spacial score (nSPS) is 16.9. The summed E-state index contributed by atoms with van der Waals surface area (Å²) in [5.41, 5.74) is 1.40. The van der Waals surface area contributed by atoms with E-state index < -0.39 is 27.5 Å². The van der Waals surface area contributed by atoms with Crippen LogP contribution in [0.25, 0.3) is 0 Å². The van der Waals surface area contributed by atoms with Gasteiger partial charge in [-0.15, -0.1) is 0 Å². The Bertz CT molecular complexity index is 1060. The fourth-order valence-electron chi connectivity index (χ4n) is 5.60. The van der Waals surface area contributed by atoms with Crippen molar-refractivity contribution in [3.8, 4) is 11.5 Å². The van der Waals surface area contributed by atoms with Crippen LogP contribution in [0.15, 0.2) is 24.3 Å². The van der Waals surface area contributed by atoms with Crippen molar-refractivity contribution in [2.45, 2.75) is 110 Å². The number of amides is 1. The van der Waals surface area contributed by atoms with Gasteiger partial charge in [0.25, 0.3) is 19.9 Å². The summed E-state index contributed by atoms with van der Waals surface area (Å²) in [6.07, 6.45) is 0.609. The number of benzene rings is 1. The minimum atomic E-state index is -2.43. The number of carbonyl (C=O) groups is 1. The molecule has 1 saturated heterocycles. The van der Waals surface area contributed by atoms with Crippen LogP contribution in [0.4, 0.5) is 5.69 Å². The average Bonchev–Trinajstić information content (AvgIpc) is 3.19. The molecule has 0 unspecified atom stereocenters. The van der Waals surface area contributed by atoms with E-state index in [1.54, 1.807) is 4.90 Å². The van der Waals surface area contributed by atoms with Gasteiger partial charge in [-0.3, -0.25) is 14.9 Å². The molecule has 0 aromatic heterocycles. The van der Waals surface area contributed by atoms with Gasteiger partial charge in [-0.1, -0.05) is 74.5 Å². The summed E-state index contributed by atoms with van der Waals surface area (Å²) in [6, 6.07) is 2.62. The van der Waals surface area contributed by atoms with Crippen molar-refractivity contribution in [3.63, 3.8) is 0 Å². The molecule has 0 N–H and O–H groups in total. The molecule has 220 valence electrons. The lowest BCUT2D eigenvalue weighted by atomic mass is 10.1. The Morgan fingerprint density at radius 3 is 2.08 bits per heavy atom. The highest BCUT2D eigenvalue weighted by Gasteiger charge is 2.48. The average molecular weight is 579 g/mol. The maximum Gasteiger partial charge on any atom is 0.286 e. The summed E-state index contributed by atoms with van der Waals surface area (Å²) in [5.74, 6) is 0.233. The number of carbonyl (C=O) groups excluding carboxylic acids is 1. The van der Waals surface area contributed by atoms with Gasteiger partial charge in [0.1, 0.15) is 5.56 Å². The minimum absolute atomic E-state index is 0.0119. The molecule has 0 bridgehead atoms. The number of rotatable bonds is 11. The van der Waals surface area contributed by atoms with Crippen molar-refractivity contribution in [1.29, 1.82) is 0 Å². The molecule has 1 amide bonds. The number of nitro groups is 1. The summed E-state index contributed by atoms with van der Waals surface area (Å²) in [6.45, 7) is 28.6. The number of nitrogens with zero attached hydrogens (tertiary/aromatic N) is 2. The van der Waals surface area contributed by atoms with E-state index in [-0.39, 0.29) is 39.0 Å². The van der Waals surface area contributed by atoms with E-state index in [9.17, 15) is 14.9 Å². The van der Waals surface area contributed by atoms with Crippen LogP contribution in [0.2, 0.25) is 34.8 Å². The highest BCUT2D eigenvalue weighted by molar-refractivity contribution is 6.78. The Balaban J connectivity index is 2.53. The molecule has 10 heteroatoms. The summed E-state index contributed by atoms with van der Waals surface area (Å²) in [5, 5.41) is 12.3. The van der Waals surface area contributed by atoms with Gasteiger partial charge >= 0.3 is 0 Å². The van der Waals surface area contributed by atoms with E-state index in [0.717, 1.165) is 5.57 Å². The molecule has 39 heavy (non-hydrogen) atoms. The second-order valence-electron chi connectivity index (χ2n) is 13.3. The van der Waals surface area contributed by atoms with Gasteiger partial charge in [0.05, 0.1) is 30.7 Å². The van der Waals surface area contributed by atoms with Gasteiger partial charge < -0.3 is 18.5 Å².